The number of nitrogens with one attached hydrogen (secondary N) is 1. The summed E-state index contributed by atoms with van der Waals surface area (Å²) in [6.07, 6.45) is -0.219. The van der Waals surface area contributed by atoms with Crippen LogP contribution in [0.3, 0.4) is 0 Å². The van der Waals surface area contributed by atoms with Crippen LogP contribution in [0.25, 0.3) is 0 Å². The van der Waals surface area contributed by atoms with Gasteiger partial charge >= 0.3 is 6.16 Å². The zero-order valence-electron chi connectivity index (χ0n) is 17.2. The molecule has 2 aromatic carbocycles. The van der Waals surface area contributed by atoms with Crippen LogP contribution in [-0.4, -0.2) is 31.6 Å². The Hall–Kier alpha value is -3.92. The Balaban J connectivity index is 1.63. The fraction of sp³-hybridized carbons (Fsp3) is 0.136. The first-order chi connectivity index (χ1) is 15.2. The van der Waals surface area contributed by atoms with E-state index in [4.69, 9.17) is 14.2 Å². The number of hydrogen-bond acceptors (Lipinski definition) is 8. The smallest absolute Gasteiger partial charge is 0.457 e. The predicted octanol–water partition coefficient (Wildman–Crippen LogP) is 3.92. The molecule has 32 heavy (non-hydrogen) atoms. The van der Waals surface area contributed by atoms with Gasteiger partial charge in [-0.05, 0) is 56.3 Å². The highest BCUT2D eigenvalue weighted by atomic mass is 32.2. The molecule has 1 amide bonds. The third-order valence-corrected chi connectivity index (χ3v) is 5.21. The molecule has 0 aliphatic rings. The maximum absolute atomic E-state index is 12.5. The summed E-state index contributed by atoms with van der Waals surface area (Å²) in [5.74, 6) is 0.0635. The topological polar surface area (TPSA) is 121 Å². The highest BCUT2D eigenvalue weighted by Crippen LogP contribution is 2.22. The molecular formula is C22H20N2O7S. The van der Waals surface area contributed by atoms with Crippen LogP contribution < -0.4 is 14.2 Å². The van der Waals surface area contributed by atoms with E-state index in [1.54, 1.807) is 26.0 Å². The molecule has 166 valence electrons. The van der Waals surface area contributed by atoms with Gasteiger partial charge in [0.2, 0.25) is 5.88 Å². The number of aromatic nitrogens is 1. The number of sulfonamides is 1. The van der Waals surface area contributed by atoms with Gasteiger partial charge in [-0.1, -0.05) is 18.2 Å². The third kappa shape index (κ3) is 6.29. The number of amides is 1. The van der Waals surface area contributed by atoms with Crippen LogP contribution in [0.1, 0.15) is 24.2 Å². The standard InChI is InChI=1S/C22H20N2O7S/c1-15(2)29-22(26)31-20-13-8-16(14-23-20)21(25)24-32(27,28)19-11-9-18(10-12-19)30-17-6-4-3-5-7-17/h3-15H,1-2H3,(H,24,25). The van der Waals surface area contributed by atoms with Crippen molar-refractivity contribution in [3.05, 3.63) is 78.5 Å². The molecule has 0 saturated heterocycles. The van der Waals surface area contributed by atoms with Gasteiger partial charge in [-0.2, -0.15) is 0 Å². The van der Waals surface area contributed by atoms with E-state index in [1.165, 1.54) is 36.4 Å². The Labute approximate surface area is 185 Å². The van der Waals surface area contributed by atoms with Crippen LogP contribution in [0.15, 0.2) is 77.8 Å². The molecule has 10 heteroatoms. The van der Waals surface area contributed by atoms with Crippen molar-refractivity contribution in [2.75, 3.05) is 0 Å². The normalized spacial score (nSPS) is 11.0. The fourth-order valence-electron chi connectivity index (χ4n) is 2.43. The molecule has 0 atom stereocenters. The molecule has 9 nitrogen and oxygen atoms in total. The molecule has 0 radical (unpaired) electrons. The maximum Gasteiger partial charge on any atom is 0.515 e. The van der Waals surface area contributed by atoms with Gasteiger partial charge < -0.3 is 14.2 Å². The van der Waals surface area contributed by atoms with E-state index < -0.39 is 22.1 Å². The van der Waals surface area contributed by atoms with Crippen LogP contribution in [0.5, 0.6) is 17.4 Å². The van der Waals surface area contributed by atoms with Gasteiger partial charge in [0.05, 0.1) is 16.6 Å². The Morgan fingerprint density at radius 2 is 1.56 bits per heavy atom. The molecule has 0 bridgehead atoms. The molecule has 0 saturated carbocycles. The molecule has 1 N–H and O–H groups in total. The number of rotatable bonds is 7. The van der Waals surface area contributed by atoms with Gasteiger partial charge in [0.1, 0.15) is 11.5 Å². The summed E-state index contributed by atoms with van der Waals surface area (Å²) in [4.78, 5) is 27.5. The molecule has 1 heterocycles. The Bertz CT molecular complexity index is 1180. The van der Waals surface area contributed by atoms with Crippen LogP contribution in [-0.2, 0) is 14.8 Å². The van der Waals surface area contributed by atoms with E-state index >= 15 is 0 Å². The van der Waals surface area contributed by atoms with E-state index in [-0.39, 0.29) is 22.4 Å². The highest BCUT2D eigenvalue weighted by molar-refractivity contribution is 7.90. The van der Waals surface area contributed by atoms with E-state index in [1.807, 2.05) is 22.9 Å². The second-order valence-corrected chi connectivity index (χ2v) is 8.41. The number of hydrogen-bond donors (Lipinski definition) is 1. The minimum Gasteiger partial charge on any atom is -0.457 e. The van der Waals surface area contributed by atoms with Gasteiger partial charge in [-0.25, -0.2) is 22.9 Å². The largest absolute Gasteiger partial charge is 0.515 e. The van der Waals surface area contributed by atoms with Crippen molar-refractivity contribution >= 4 is 22.1 Å². The van der Waals surface area contributed by atoms with Gasteiger partial charge in [0.25, 0.3) is 15.9 Å². The SMILES string of the molecule is CC(C)OC(=O)Oc1ccc(C(=O)NS(=O)(=O)c2ccc(Oc3ccccc3)cc2)cn1. The zero-order valence-corrected chi connectivity index (χ0v) is 18.0. The summed E-state index contributed by atoms with van der Waals surface area (Å²) >= 11 is 0. The van der Waals surface area contributed by atoms with Crippen LogP contribution in [0.2, 0.25) is 0 Å². The van der Waals surface area contributed by atoms with E-state index in [2.05, 4.69) is 4.98 Å². The molecule has 3 aromatic rings. The third-order valence-electron chi connectivity index (χ3n) is 3.86. The average molecular weight is 456 g/mol. The number of ether oxygens (including phenoxy) is 3. The number of benzene rings is 2. The summed E-state index contributed by atoms with van der Waals surface area (Å²) in [6.45, 7) is 3.32. The molecular weight excluding hydrogens is 436 g/mol. The summed E-state index contributed by atoms with van der Waals surface area (Å²) in [7, 11) is -4.13. The van der Waals surface area contributed by atoms with Crippen molar-refractivity contribution in [1.29, 1.82) is 0 Å². The van der Waals surface area contributed by atoms with E-state index in [0.717, 1.165) is 6.20 Å². The molecule has 0 aliphatic heterocycles. The Morgan fingerprint density at radius 1 is 0.906 bits per heavy atom. The van der Waals surface area contributed by atoms with Crippen LogP contribution in [0, 0.1) is 0 Å². The maximum atomic E-state index is 12.5. The lowest BCUT2D eigenvalue weighted by atomic mass is 10.3. The average Bonchev–Trinajstić information content (AvgIpc) is 2.74. The highest BCUT2D eigenvalue weighted by Gasteiger charge is 2.19. The number of carbonyl (C=O) groups is 2. The number of pyridine rings is 1. The minimum atomic E-state index is -4.13. The number of para-hydroxylation sites is 1. The first-order valence-electron chi connectivity index (χ1n) is 9.47. The fourth-order valence-corrected chi connectivity index (χ4v) is 3.40. The molecule has 0 spiro atoms. The van der Waals surface area contributed by atoms with Crippen molar-refractivity contribution in [2.24, 2.45) is 0 Å². The Kier molecular flexibility index (Phi) is 7.06. The summed E-state index contributed by atoms with van der Waals surface area (Å²) in [6, 6.07) is 17.1. The van der Waals surface area contributed by atoms with Crippen molar-refractivity contribution in [3.63, 3.8) is 0 Å². The summed E-state index contributed by atoms with van der Waals surface area (Å²) in [5, 5.41) is 0. The van der Waals surface area contributed by atoms with Crippen molar-refractivity contribution in [3.8, 4) is 17.4 Å². The molecule has 0 aliphatic carbocycles. The Morgan fingerprint density at radius 3 is 2.16 bits per heavy atom. The zero-order chi connectivity index (χ0) is 23.1. The van der Waals surface area contributed by atoms with Gasteiger partial charge in [-0.15, -0.1) is 0 Å². The monoisotopic (exact) mass is 456 g/mol. The molecule has 3 rings (SSSR count). The first kappa shape index (κ1) is 22.8. The summed E-state index contributed by atoms with van der Waals surface area (Å²) < 4.78 is 42.3. The lowest BCUT2D eigenvalue weighted by Gasteiger charge is -2.09. The lowest BCUT2D eigenvalue weighted by Crippen LogP contribution is -2.30. The van der Waals surface area contributed by atoms with E-state index in [9.17, 15) is 18.0 Å². The summed E-state index contributed by atoms with van der Waals surface area (Å²) in [5.41, 5.74) is -0.0396. The minimum absolute atomic E-state index is 0.0396. The van der Waals surface area contributed by atoms with Crippen molar-refractivity contribution in [2.45, 2.75) is 24.8 Å². The van der Waals surface area contributed by atoms with Crippen LogP contribution >= 0.6 is 0 Å². The van der Waals surface area contributed by atoms with E-state index in [0.29, 0.717) is 11.5 Å². The molecule has 0 unspecified atom stereocenters. The number of carbonyl (C=O) groups excluding carboxylic acids is 2. The lowest BCUT2D eigenvalue weighted by molar-refractivity contribution is 0.0716. The van der Waals surface area contributed by atoms with Crippen molar-refractivity contribution < 1.29 is 32.2 Å². The quantitative estimate of drug-likeness (QED) is 0.531. The second kappa shape index (κ2) is 9.92. The van der Waals surface area contributed by atoms with Crippen molar-refractivity contribution in [1.82, 2.24) is 9.71 Å². The predicted molar refractivity (Wildman–Crippen MR) is 114 cm³/mol. The molecule has 0 fully saturated rings. The van der Waals surface area contributed by atoms with Crippen LogP contribution in [0.4, 0.5) is 4.79 Å². The first-order valence-corrected chi connectivity index (χ1v) is 11.0. The van der Waals surface area contributed by atoms with Gasteiger partial charge in [0, 0.05) is 12.3 Å². The van der Waals surface area contributed by atoms with Gasteiger partial charge in [0.15, 0.2) is 0 Å². The second-order valence-electron chi connectivity index (χ2n) is 6.72. The van der Waals surface area contributed by atoms with Gasteiger partial charge in [-0.3, -0.25) is 4.79 Å². The molecule has 1 aromatic heterocycles. The number of nitrogens with zero attached hydrogens (tertiary/aromatic N) is 1.